The molecule has 7 nitrogen and oxygen atoms in total. The fraction of sp³-hybridized carbons (Fsp3) is 0.667. The van der Waals surface area contributed by atoms with Gasteiger partial charge in [-0.3, -0.25) is 9.36 Å². The molecular weight excluding hydrogens is 424 g/mol. The Balaban J connectivity index is 1.46. The van der Waals surface area contributed by atoms with Crippen molar-refractivity contribution in [2.45, 2.75) is 51.1 Å². The van der Waals surface area contributed by atoms with Crippen molar-refractivity contribution in [1.82, 2.24) is 18.8 Å². The van der Waals surface area contributed by atoms with Crippen LogP contribution in [0.15, 0.2) is 17.1 Å². The molecule has 0 spiro atoms. The molecule has 168 valence electrons. The lowest BCUT2D eigenvalue weighted by atomic mass is 10.1. The van der Waals surface area contributed by atoms with Gasteiger partial charge in [-0.1, -0.05) is 6.92 Å². The van der Waals surface area contributed by atoms with Crippen LogP contribution >= 0.6 is 0 Å². The van der Waals surface area contributed by atoms with Gasteiger partial charge in [0.2, 0.25) is 5.95 Å². The Kier molecular flexibility index (Phi) is 5.32. The molecule has 5 rings (SSSR count). The summed E-state index contributed by atoms with van der Waals surface area (Å²) in [6.45, 7) is 3.66. The molecule has 2 saturated carbocycles. The molecule has 2 aromatic heterocycles. The number of anilines is 1. The minimum atomic E-state index is -2.83. The lowest BCUT2D eigenvalue weighted by Gasteiger charge is -2.30. The fourth-order valence-corrected chi connectivity index (χ4v) is 6.22. The predicted octanol–water partition coefficient (Wildman–Crippen LogP) is 3.12. The van der Waals surface area contributed by atoms with E-state index in [1.807, 2.05) is 4.31 Å². The van der Waals surface area contributed by atoms with Gasteiger partial charge in [0.1, 0.15) is 5.65 Å². The predicted molar refractivity (Wildman–Crippen MR) is 115 cm³/mol. The van der Waals surface area contributed by atoms with Gasteiger partial charge in [-0.25, -0.2) is 22.3 Å². The molecule has 3 heterocycles. The first kappa shape index (κ1) is 20.9. The van der Waals surface area contributed by atoms with Crippen molar-refractivity contribution in [3.8, 4) is 0 Å². The number of alkyl halides is 2. The molecule has 3 aliphatic rings. The minimum absolute atomic E-state index is 0.0922. The second-order valence-corrected chi connectivity index (χ2v) is 10.5. The van der Waals surface area contributed by atoms with E-state index >= 15 is 0 Å². The van der Waals surface area contributed by atoms with Gasteiger partial charge < -0.3 is 5.32 Å². The standard InChI is InChI=1S/C21H27F2N5O2S/c1-11-15-8-14(9-16(11)15)28-19-12(7-17(18(22)23)20(28)29)10-24-21(26-19)25-13-3-5-27(6-4-13)31(2)30/h7,10-11,13-16,18H,3-6,8-9H2,1-2H3,(H,24,25,26). The van der Waals surface area contributed by atoms with Gasteiger partial charge in [0.15, 0.2) is 0 Å². The highest BCUT2D eigenvalue weighted by Gasteiger charge is 2.53. The number of halogens is 2. The Bertz CT molecular complexity index is 1070. The van der Waals surface area contributed by atoms with Crippen LogP contribution in [-0.4, -0.2) is 48.4 Å². The SMILES string of the molecule is CC1C2CC(n3c(=O)c(C(F)F)cc4cnc(NC5CCN(S(C)=O)CC5)nc43)CC12. The zero-order chi connectivity index (χ0) is 21.9. The van der Waals surface area contributed by atoms with Crippen molar-refractivity contribution in [2.75, 3.05) is 24.7 Å². The van der Waals surface area contributed by atoms with Gasteiger partial charge in [0, 0.05) is 43.0 Å². The maximum Gasteiger partial charge on any atom is 0.269 e. The van der Waals surface area contributed by atoms with Crippen molar-refractivity contribution in [3.05, 3.63) is 28.2 Å². The van der Waals surface area contributed by atoms with E-state index in [2.05, 4.69) is 22.2 Å². The first-order valence-corrected chi connectivity index (χ1v) is 12.4. The number of hydrogen-bond donors (Lipinski definition) is 1. The third-order valence-electron chi connectivity index (χ3n) is 7.40. The molecule has 0 aromatic carbocycles. The second-order valence-electron chi connectivity index (χ2n) is 9.13. The highest BCUT2D eigenvalue weighted by molar-refractivity contribution is 7.81. The lowest BCUT2D eigenvalue weighted by Crippen LogP contribution is -2.39. The molecular formula is C21H27F2N5O2S. The normalized spacial score (nSPS) is 30.0. The van der Waals surface area contributed by atoms with Crippen molar-refractivity contribution < 1.29 is 13.0 Å². The summed E-state index contributed by atoms with van der Waals surface area (Å²) in [5.74, 6) is 2.22. The van der Waals surface area contributed by atoms with Crippen LogP contribution in [0.2, 0.25) is 0 Å². The first-order valence-electron chi connectivity index (χ1n) is 10.9. The Morgan fingerprint density at radius 1 is 1.23 bits per heavy atom. The van der Waals surface area contributed by atoms with Crippen LogP contribution in [0.3, 0.4) is 0 Å². The van der Waals surface area contributed by atoms with Gasteiger partial charge in [-0.2, -0.15) is 4.98 Å². The second kappa shape index (κ2) is 7.88. The van der Waals surface area contributed by atoms with Crippen molar-refractivity contribution in [2.24, 2.45) is 17.8 Å². The summed E-state index contributed by atoms with van der Waals surface area (Å²) in [6.07, 6.45) is 3.68. The van der Waals surface area contributed by atoms with Crippen molar-refractivity contribution >= 4 is 28.0 Å². The summed E-state index contributed by atoms with van der Waals surface area (Å²) in [6, 6.07) is 1.28. The fourth-order valence-electron chi connectivity index (χ4n) is 5.50. The average Bonchev–Trinajstić information content (AvgIpc) is 3.13. The number of piperidine rings is 1. The quantitative estimate of drug-likeness (QED) is 0.756. The van der Waals surface area contributed by atoms with Crippen LogP contribution in [-0.2, 0) is 11.0 Å². The van der Waals surface area contributed by atoms with Crippen LogP contribution in [0.1, 0.15) is 50.6 Å². The Morgan fingerprint density at radius 3 is 2.52 bits per heavy atom. The number of aromatic nitrogens is 3. The molecule has 10 heteroatoms. The largest absolute Gasteiger partial charge is 0.351 e. The smallest absolute Gasteiger partial charge is 0.269 e. The monoisotopic (exact) mass is 451 g/mol. The van der Waals surface area contributed by atoms with E-state index in [-0.39, 0.29) is 12.1 Å². The van der Waals surface area contributed by atoms with Gasteiger partial charge in [-0.15, -0.1) is 0 Å². The van der Waals surface area contributed by atoms with Gasteiger partial charge in [-0.05, 0) is 49.5 Å². The highest BCUT2D eigenvalue weighted by atomic mass is 32.2. The Hall–Kier alpha value is -1.94. The molecule has 2 aliphatic carbocycles. The van der Waals surface area contributed by atoms with Crippen molar-refractivity contribution in [1.29, 1.82) is 0 Å². The first-order chi connectivity index (χ1) is 14.8. The Labute approximate surface area is 181 Å². The summed E-state index contributed by atoms with van der Waals surface area (Å²) < 4.78 is 42.2. The van der Waals surface area contributed by atoms with Gasteiger partial charge in [0.25, 0.3) is 12.0 Å². The van der Waals surface area contributed by atoms with Crippen LogP contribution in [0.4, 0.5) is 14.7 Å². The van der Waals surface area contributed by atoms with E-state index < -0.39 is 28.5 Å². The Morgan fingerprint density at radius 2 is 1.90 bits per heavy atom. The van der Waals surface area contributed by atoms with E-state index in [1.165, 1.54) is 16.8 Å². The summed E-state index contributed by atoms with van der Waals surface area (Å²) in [5, 5.41) is 3.78. The van der Waals surface area contributed by atoms with E-state index in [1.54, 1.807) is 6.26 Å². The number of fused-ring (bicyclic) bond motifs is 2. The maximum atomic E-state index is 13.6. The summed E-state index contributed by atoms with van der Waals surface area (Å²) in [7, 11) is -0.973. The summed E-state index contributed by atoms with van der Waals surface area (Å²) in [4.78, 5) is 21.9. The number of pyridine rings is 1. The number of hydrogen-bond acceptors (Lipinski definition) is 5. The average molecular weight is 452 g/mol. The minimum Gasteiger partial charge on any atom is -0.351 e. The van der Waals surface area contributed by atoms with Gasteiger partial charge in [0.05, 0.1) is 16.5 Å². The molecule has 1 saturated heterocycles. The zero-order valence-electron chi connectivity index (χ0n) is 17.6. The zero-order valence-corrected chi connectivity index (χ0v) is 18.4. The number of rotatable bonds is 5. The molecule has 1 N–H and O–H groups in total. The van der Waals surface area contributed by atoms with Crippen molar-refractivity contribution in [3.63, 3.8) is 0 Å². The van der Waals surface area contributed by atoms with E-state index in [0.29, 0.717) is 34.7 Å². The topological polar surface area (TPSA) is 80.1 Å². The molecule has 0 bridgehead atoms. The van der Waals surface area contributed by atoms with Crippen LogP contribution in [0, 0.1) is 17.8 Å². The van der Waals surface area contributed by atoms with Crippen LogP contribution in [0.25, 0.3) is 11.0 Å². The van der Waals surface area contributed by atoms with E-state index in [4.69, 9.17) is 0 Å². The molecule has 3 fully saturated rings. The molecule has 31 heavy (non-hydrogen) atoms. The van der Waals surface area contributed by atoms with E-state index in [9.17, 15) is 17.8 Å². The third kappa shape index (κ3) is 3.77. The molecule has 0 amide bonds. The van der Waals surface area contributed by atoms with E-state index in [0.717, 1.165) is 38.8 Å². The lowest BCUT2D eigenvalue weighted by molar-refractivity contribution is 0.149. The summed E-state index contributed by atoms with van der Waals surface area (Å²) >= 11 is 0. The number of nitrogens with one attached hydrogen (secondary N) is 1. The number of nitrogens with zero attached hydrogens (tertiary/aromatic N) is 4. The van der Waals surface area contributed by atoms with Crippen LogP contribution in [0.5, 0.6) is 0 Å². The van der Waals surface area contributed by atoms with Gasteiger partial charge >= 0.3 is 0 Å². The molecule has 3 unspecified atom stereocenters. The third-order valence-corrected chi connectivity index (χ3v) is 8.49. The molecule has 2 aromatic rings. The summed E-state index contributed by atoms with van der Waals surface area (Å²) in [5.41, 5.74) is -0.687. The molecule has 3 atom stereocenters. The highest BCUT2D eigenvalue weighted by Crippen LogP contribution is 2.60. The van der Waals surface area contributed by atoms with Crippen LogP contribution < -0.4 is 10.9 Å². The molecule has 0 radical (unpaired) electrons. The molecule has 1 aliphatic heterocycles. The maximum absolute atomic E-state index is 13.6.